The second-order valence-electron chi connectivity index (χ2n) is 3.87. The number of hydrogen-bond donors (Lipinski definition) is 0. The highest BCUT2D eigenvalue weighted by molar-refractivity contribution is 7.89. The molecule has 1 saturated carbocycles. The van der Waals surface area contributed by atoms with E-state index < -0.39 is 10.0 Å². The quantitative estimate of drug-likeness (QED) is 0.618. The molecule has 1 aliphatic rings. The van der Waals surface area contributed by atoms with Crippen molar-refractivity contribution >= 4 is 16.0 Å². The summed E-state index contributed by atoms with van der Waals surface area (Å²) in [7, 11) is -0.382. The van der Waals surface area contributed by atoms with E-state index in [4.69, 9.17) is 0 Å². The zero-order valence-electron chi connectivity index (χ0n) is 9.10. The fourth-order valence-electron chi connectivity index (χ4n) is 1.20. The lowest BCUT2D eigenvalue weighted by atomic mass is 10.4. The van der Waals surface area contributed by atoms with Gasteiger partial charge < -0.3 is 4.74 Å². The Morgan fingerprint density at radius 1 is 1.47 bits per heavy atom. The number of rotatable bonds is 6. The van der Waals surface area contributed by atoms with E-state index in [9.17, 15) is 13.2 Å². The zero-order chi connectivity index (χ0) is 11.5. The van der Waals surface area contributed by atoms with Crippen molar-refractivity contribution in [1.82, 2.24) is 4.31 Å². The molecule has 0 saturated heterocycles. The summed E-state index contributed by atoms with van der Waals surface area (Å²) in [6.45, 7) is 0.196. The first-order valence-electron chi connectivity index (χ1n) is 4.96. The van der Waals surface area contributed by atoms with E-state index in [-0.39, 0.29) is 24.7 Å². The van der Waals surface area contributed by atoms with Crippen LogP contribution in [0, 0.1) is 5.92 Å². The Morgan fingerprint density at radius 2 is 2.07 bits per heavy atom. The van der Waals surface area contributed by atoms with Crippen molar-refractivity contribution in [2.75, 3.05) is 26.5 Å². The lowest BCUT2D eigenvalue weighted by Crippen LogP contribution is -2.32. The predicted octanol–water partition coefficient (Wildman–Crippen LogP) is 0.221. The molecule has 1 rings (SSSR count). The molecule has 0 bridgehead atoms. The number of carbonyl (C=O) groups excluding carboxylic acids is 1. The normalized spacial score (nSPS) is 16.7. The van der Waals surface area contributed by atoms with E-state index in [1.165, 1.54) is 18.5 Å². The highest BCUT2D eigenvalue weighted by atomic mass is 32.2. The Balaban J connectivity index is 2.37. The Kier molecular flexibility index (Phi) is 4.10. The molecule has 0 heterocycles. The van der Waals surface area contributed by atoms with Crippen LogP contribution < -0.4 is 0 Å². The number of hydrogen-bond acceptors (Lipinski definition) is 4. The molecule has 0 aliphatic heterocycles. The number of sulfonamides is 1. The summed E-state index contributed by atoms with van der Waals surface area (Å²) in [6.07, 6.45) is 2.12. The second-order valence-corrected chi connectivity index (χ2v) is 5.99. The van der Waals surface area contributed by atoms with Crippen LogP contribution in [0.25, 0.3) is 0 Å². The third-order valence-electron chi connectivity index (χ3n) is 2.48. The van der Waals surface area contributed by atoms with Crippen molar-refractivity contribution in [1.29, 1.82) is 0 Å². The van der Waals surface area contributed by atoms with Gasteiger partial charge in [-0.2, -0.15) is 0 Å². The molecule has 0 amide bonds. The molecule has 1 aliphatic carbocycles. The molecule has 0 aromatic carbocycles. The van der Waals surface area contributed by atoms with E-state index >= 15 is 0 Å². The van der Waals surface area contributed by atoms with Crippen molar-refractivity contribution < 1.29 is 17.9 Å². The van der Waals surface area contributed by atoms with Gasteiger partial charge in [0.1, 0.15) is 0 Å². The number of esters is 1. The molecule has 0 radical (unpaired) electrons. The van der Waals surface area contributed by atoms with Gasteiger partial charge in [-0.1, -0.05) is 0 Å². The first-order chi connectivity index (χ1) is 6.95. The van der Waals surface area contributed by atoms with E-state index in [2.05, 4.69) is 4.74 Å². The van der Waals surface area contributed by atoms with Crippen molar-refractivity contribution in [2.45, 2.75) is 19.3 Å². The molecule has 88 valence electrons. The fourth-order valence-corrected chi connectivity index (χ4v) is 2.75. The van der Waals surface area contributed by atoms with Gasteiger partial charge in [-0.3, -0.25) is 4.79 Å². The highest BCUT2D eigenvalue weighted by Crippen LogP contribution is 2.30. The molecular formula is C9H17NO4S. The van der Waals surface area contributed by atoms with Crippen LogP contribution in [0.5, 0.6) is 0 Å². The van der Waals surface area contributed by atoms with E-state index in [0.717, 1.165) is 12.8 Å². The minimum Gasteiger partial charge on any atom is -0.469 e. The molecule has 15 heavy (non-hydrogen) atoms. The molecule has 0 N–H and O–H groups in total. The first kappa shape index (κ1) is 12.4. The van der Waals surface area contributed by atoms with Gasteiger partial charge in [-0.05, 0) is 18.8 Å². The summed E-state index contributed by atoms with van der Waals surface area (Å²) in [6, 6.07) is 0. The summed E-state index contributed by atoms with van der Waals surface area (Å²) in [5.74, 6) is 0.157. The molecule has 1 fully saturated rings. The first-order valence-corrected chi connectivity index (χ1v) is 6.57. The topological polar surface area (TPSA) is 63.7 Å². The number of nitrogens with zero attached hydrogens (tertiary/aromatic N) is 1. The van der Waals surface area contributed by atoms with Gasteiger partial charge in [0, 0.05) is 13.6 Å². The van der Waals surface area contributed by atoms with Crippen LogP contribution in [0.1, 0.15) is 19.3 Å². The van der Waals surface area contributed by atoms with Crippen LogP contribution >= 0.6 is 0 Å². The van der Waals surface area contributed by atoms with Crippen LogP contribution in [0.15, 0.2) is 0 Å². The van der Waals surface area contributed by atoms with Crippen LogP contribution in [0.3, 0.4) is 0 Å². The van der Waals surface area contributed by atoms with Gasteiger partial charge in [-0.15, -0.1) is 0 Å². The van der Waals surface area contributed by atoms with Crippen molar-refractivity contribution in [2.24, 2.45) is 5.92 Å². The van der Waals surface area contributed by atoms with Gasteiger partial charge in [0.05, 0.1) is 19.3 Å². The number of methoxy groups -OCH3 is 1. The zero-order valence-corrected chi connectivity index (χ0v) is 9.92. The highest BCUT2D eigenvalue weighted by Gasteiger charge is 2.30. The van der Waals surface area contributed by atoms with Gasteiger partial charge in [0.2, 0.25) is 10.0 Å². The lowest BCUT2D eigenvalue weighted by Gasteiger charge is -2.15. The average molecular weight is 235 g/mol. The Bertz CT molecular complexity index is 321. The molecular weight excluding hydrogens is 218 g/mol. The summed E-state index contributed by atoms with van der Waals surface area (Å²) in [5, 5.41) is 0. The molecule has 0 unspecified atom stereocenters. The van der Waals surface area contributed by atoms with Crippen LogP contribution in [-0.2, 0) is 19.6 Å². The molecule has 0 aromatic rings. The minimum atomic E-state index is -3.18. The summed E-state index contributed by atoms with van der Waals surface area (Å²) < 4.78 is 29.0. The van der Waals surface area contributed by atoms with Gasteiger partial charge in [0.25, 0.3) is 0 Å². The standard InChI is InChI=1S/C9H17NO4S/c1-10(6-5-9(11)14-2)15(12,13)7-8-3-4-8/h8H,3-7H2,1-2H3. The van der Waals surface area contributed by atoms with Crippen molar-refractivity contribution in [3.63, 3.8) is 0 Å². The predicted molar refractivity (Wildman–Crippen MR) is 55.8 cm³/mol. The number of carbonyl (C=O) groups is 1. The average Bonchev–Trinajstić information content (AvgIpc) is 2.96. The van der Waals surface area contributed by atoms with Crippen LogP contribution in [0.2, 0.25) is 0 Å². The second kappa shape index (κ2) is 4.94. The Labute approximate surface area is 90.4 Å². The summed E-state index contributed by atoms with van der Waals surface area (Å²) in [5.41, 5.74) is 0. The molecule has 6 heteroatoms. The molecule has 0 aromatic heterocycles. The molecule has 0 spiro atoms. The largest absolute Gasteiger partial charge is 0.469 e. The maximum atomic E-state index is 11.7. The van der Waals surface area contributed by atoms with Gasteiger partial charge >= 0.3 is 5.97 Å². The van der Waals surface area contributed by atoms with Crippen LogP contribution in [-0.4, -0.2) is 45.1 Å². The summed E-state index contributed by atoms with van der Waals surface area (Å²) in [4.78, 5) is 10.8. The Hall–Kier alpha value is -0.620. The van der Waals surface area contributed by atoms with Gasteiger partial charge in [0.15, 0.2) is 0 Å². The Morgan fingerprint density at radius 3 is 2.53 bits per heavy atom. The van der Waals surface area contributed by atoms with Gasteiger partial charge in [-0.25, -0.2) is 12.7 Å². The SMILES string of the molecule is COC(=O)CCN(C)S(=O)(=O)CC1CC1. The minimum absolute atomic E-state index is 0.108. The van der Waals surface area contributed by atoms with Crippen molar-refractivity contribution in [3.8, 4) is 0 Å². The smallest absolute Gasteiger partial charge is 0.306 e. The van der Waals surface area contributed by atoms with Crippen LogP contribution in [0.4, 0.5) is 0 Å². The number of ether oxygens (including phenoxy) is 1. The summed E-state index contributed by atoms with van der Waals surface area (Å²) >= 11 is 0. The monoisotopic (exact) mass is 235 g/mol. The lowest BCUT2D eigenvalue weighted by molar-refractivity contribution is -0.140. The molecule has 0 atom stereocenters. The third kappa shape index (κ3) is 4.17. The third-order valence-corrected chi connectivity index (χ3v) is 4.50. The molecule has 5 nitrogen and oxygen atoms in total. The maximum absolute atomic E-state index is 11.7. The van der Waals surface area contributed by atoms with Crippen molar-refractivity contribution in [3.05, 3.63) is 0 Å². The van der Waals surface area contributed by atoms with E-state index in [1.54, 1.807) is 0 Å². The van der Waals surface area contributed by atoms with E-state index in [1.807, 2.05) is 0 Å². The fraction of sp³-hybridized carbons (Fsp3) is 0.889. The maximum Gasteiger partial charge on any atom is 0.306 e. The van der Waals surface area contributed by atoms with E-state index in [0.29, 0.717) is 5.92 Å².